The van der Waals surface area contributed by atoms with Gasteiger partial charge in [0.05, 0.1) is 6.61 Å². The second-order valence-electron chi connectivity index (χ2n) is 5.25. The van der Waals surface area contributed by atoms with Crippen molar-refractivity contribution < 1.29 is 17.8 Å². The third kappa shape index (κ3) is 15.0. The Balaban J connectivity index is 3.23. The number of hydrogen-bond donors (Lipinski definition) is 2. The Morgan fingerprint density at radius 3 is 2.41 bits per heavy atom. The minimum Gasteiger partial charge on any atom is -0.356 e. The molecule has 0 spiro atoms. The summed E-state index contributed by atoms with van der Waals surface area (Å²) in [5, 5.41) is 2.98. The van der Waals surface area contributed by atoms with Gasteiger partial charge < -0.3 is 14.4 Å². The second-order valence-corrected chi connectivity index (χ2v) is 6.97. The van der Waals surface area contributed by atoms with Crippen LogP contribution in [0.4, 0.5) is 0 Å². The van der Waals surface area contributed by atoms with E-state index < -0.39 is 8.60 Å². The number of carbonyl (C=O) groups excluding carboxylic acids is 1. The summed E-state index contributed by atoms with van der Waals surface area (Å²) in [6.45, 7) is 3.59. The third-order valence-corrected chi connectivity index (χ3v) is 4.54. The van der Waals surface area contributed by atoms with Crippen molar-refractivity contribution in [2.24, 2.45) is 0 Å². The number of carbonyl (C=O) groups is 1. The number of amides is 1. The zero-order valence-corrected chi connectivity index (χ0v) is 15.8. The molecule has 0 heterocycles. The number of nitrogens with one attached hydrogen (secondary N) is 1. The Morgan fingerprint density at radius 1 is 1.05 bits per heavy atom. The minimum atomic E-state index is -1.30. The van der Waals surface area contributed by atoms with E-state index in [1.807, 2.05) is 0 Å². The average Bonchev–Trinajstić information content (AvgIpc) is 2.53. The predicted octanol–water partition coefficient (Wildman–Crippen LogP) is 4.77. The maximum Gasteiger partial charge on any atom is 0.344 e. The first-order valence-corrected chi connectivity index (χ1v) is 9.76. The van der Waals surface area contributed by atoms with Gasteiger partial charge in [0.15, 0.2) is 0 Å². The molecule has 0 saturated carbocycles. The van der Waals surface area contributed by atoms with E-state index in [-0.39, 0.29) is 5.91 Å². The highest BCUT2D eigenvalue weighted by Crippen LogP contribution is 2.39. The van der Waals surface area contributed by atoms with Gasteiger partial charge in [-0.3, -0.25) is 4.79 Å². The van der Waals surface area contributed by atoms with Crippen molar-refractivity contribution in [3.8, 4) is 0 Å². The molecule has 0 aliphatic carbocycles. The van der Waals surface area contributed by atoms with E-state index in [0.717, 1.165) is 38.6 Å². The summed E-state index contributed by atoms with van der Waals surface area (Å²) < 4.78 is 14.9. The Labute approximate surface area is 142 Å². The molecule has 0 aromatic carbocycles. The molecule has 1 atom stereocenters. The van der Waals surface area contributed by atoms with Crippen LogP contribution in [0.3, 0.4) is 0 Å². The minimum absolute atomic E-state index is 0.191. The lowest BCUT2D eigenvalue weighted by Gasteiger charge is -2.10. The summed E-state index contributed by atoms with van der Waals surface area (Å²) in [5.74, 6) is 0.191. The largest absolute Gasteiger partial charge is 0.356 e. The normalized spacial score (nSPS) is 12.3. The molecule has 0 radical (unpaired) electrons. The van der Waals surface area contributed by atoms with Crippen LogP contribution in [0.25, 0.3) is 0 Å². The summed E-state index contributed by atoms with van der Waals surface area (Å²) in [6.07, 6.45) is 10.8. The number of hydrogen-bond acceptors (Lipinski definition) is 5. The Morgan fingerprint density at radius 2 is 1.73 bits per heavy atom. The molecule has 0 fully saturated rings. The highest BCUT2D eigenvalue weighted by Gasteiger charge is 2.07. The molecule has 7 heteroatoms. The molecule has 1 N–H and O–H groups in total. The van der Waals surface area contributed by atoms with Gasteiger partial charge in [-0.15, -0.1) is 0 Å². The molecule has 22 heavy (non-hydrogen) atoms. The van der Waals surface area contributed by atoms with Gasteiger partial charge in [0.2, 0.25) is 5.91 Å². The molecular formula is C15H32NO4PS. The Hall–Kier alpha value is 0.130. The van der Waals surface area contributed by atoms with Gasteiger partial charge in [-0.1, -0.05) is 45.4 Å². The molecule has 0 bridgehead atoms. The molecule has 0 aromatic rings. The van der Waals surface area contributed by atoms with Gasteiger partial charge in [0.1, 0.15) is 0 Å². The highest BCUT2D eigenvalue weighted by atomic mass is 32.1. The second kappa shape index (κ2) is 17.5. The van der Waals surface area contributed by atoms with Crippen molar-refractivity contribution in [2.75, 3.05) is 20.3 Å². The highest BCUT2D eigenvalue weighted by molar-refractivity contribution is 7.79. The van der Waals surface area contributed by atoms with Gasteiger partial charge >= 0.3 is 8.60 Å². The van der Waals surface area contributed by atoms with Crippen LogP contribution < -0.4 is 5.32 Å². The average molecular weight is 353 g/mol. The van der Waals surface area contributed by atoms with Crippen molar-refractivity contribution >= 4 is 27.4 Å². The maximum atomic E-state index is 11.6. The van der Waals surface area contributed by atoms with Crippen LogP contribution >= 0.6 is 21.5 Å². The first kappa shape index (κ1) is 22.1. The maximum absolute atomic E-state index is 11.6. The van der Waals surface area contributed by atoms with Crippen molar-refractivity contribution in [3.05, 3.63) is 0 Å². The number of unbranched alkanes of at least 4 members (excludes halogenated alkanes) is 7. The molecule has 0 saturated heterocycles. The molecule has 132 valence electrons. The van der Waals surface area contributed by atoms with Gasteiger partial charge in [0.25, 0.3) is 0 Å². The zero-order valence-electron chi connectivity index (χ0n) is 14.0. The summed E-state index contributed by atoms with van der Waals surface area (Å²) in [5.41, 5.74) is 0. The van der Waals surface area contributed by atoms with E-state index in [9.17, 15) is 4.79 Å². The lowest BCUT2D eigenvalue weighted by Crippen LogP contribution is -2.23. The summed E-state index contributed by atoms with van der Waals surface area (Å²) >= 11 is 3.67. The van der Waals surface area contributed by atoms with Crippen LogP contribution in [0.2, 0.25) is 0 Å². The van der Waals surface area contributed by atoms with E-state index in [1.165, 1.54) is 32.8 Å². The van der Waals surface area contributed by atoms with E-state index in [4.69, 9.17) is 13.0 Å². The monoisotopic (exact) mass is 353 g/mol. The van der Waals surface area contributed by atoms with Crippen LogP contribution in [-0.4, -0.2) is 26.2 Å². The number of thiol groups is 1. The Kier molecular flexibility index (Phi) is 17.6. The topological polar surface area (TPSA) is 56.8 Å². The molecule has 0 rings (SSSR count). The van der Waals surface area contributed by atoms with Gasteiger partial charge in [-0.2, -0.15) is 0 Å². The summed E-state index contributed by atoms with van der Waals surface area (Å²) in [4.78, 5) is 11.6. The molecule has 0 aromatic heterocycles. The quantitative estimate of drug-likeness (QED) is 0.182. The third-order valence-electron chi connectivity index (χ3n) is 3.31. The van der Waals surface area contributed by atoms with Crippen molar-refractivity contribution in [3.63, 3.8) is 0 Å². The van der Waals surface area contributed by atoms with Crippen LogP contribution in [0.15, 0.2) is 0 Å². The molecule has 5 nitrogen and oxygen atoms in total. The molecular weight excluding hydrogens is 321 g/mol. The van der Waals surface area contributed by atoms with Gasteiger partial charge in [-0.05, 0) is 32.2 Å². The fraction of sp³-hybridized carbons (Fsp3) is 0.933. The van der Waals surface area contributed by atoms with Crippen molar-refractivity contribution in [2.45, 2.75) is 71.1 Å². The van der Waals surface area contributed by atoms with Gasteiger partial charge in [-0.25, -0.2) is 3.97 Å². The number of rotatable bonds is 16. The fourth-order valence-corrected chi connectivity index (χ4v) is 2.87. The van der Waals surface area contributed by atoms with Crippen LogP contribution in [0.1, 0.15) is 71.1 Å². The van der Waals surface area contributed by atoms with Gasteiger partial charge in [0, 0.05) is 20.1 Å². The van der Waals surface area contributed by atoms with Crippen LogP contribution in [0, 0.1) is 0 Å². The van der Waals surface area contributed by atoms with E-state index >= 15 is 0 Å². The lowest BCUT2D eigenvalue weighted by atomic mass is 10.1. The van der Waals surface area contributed by atoms with Crippen LogP contribution in [0.5, 0.6) is 0 Å². The Bertz CT molecular complexity index is 256. The first-order valence-electron chi connectivity index (χ1n) is 8.30. The summed E-state index contributed by atoms with van der Waals surface area (Å²) in [7, 11) is 0.241. The lowest BCUT2D eigenvalue weighted by molar-refractivity contribution is -0.121. The van der Waals surface area contributed by atoms with Crippen molar-refractivity contribution in [1.29, 1.82) is 0 Å². The standard InChI is InChI=1S/C15H32NO4PS/c1-3-4-5-6-9-12-15(17)16-13-10-7-8-11-14-19-21(18-2)20-22/h22H,3-14H2,1-2H3,(H,16,17). The SMILES string of the molecule is CCCCCCCC(=O)NCCCCCCOP(OC)OS. The molecule has 1 amide bonds. The van der Waals surface area contributed by atoms with E-state index in [2.05, 4.69) is 25.2 Å². The zero-order chi connectivity index (χ0) is 16.5. The van der Waals surface area contributed by atoms with Crippen LogP contribution in [-0.2, 0) is 17.8 Å². The van der Waals surface area contributed by atoms with E-state index in [0.29, 0.717) is 13.0 Å². The first-order chi connectivity index (χ1) is 10.7. The fourth-order valence-electron chi connectivity index (χ4n) is 2.03. The van der Waals surface area contributed by atoms with Crippen molar-refractivity contribution in [1.82, 2.24) is 5.32 Å². The molecule has 0 aliphatic heterocycles. The smallest absolute Gasteiger partial charge is 0.344 e. The predicted molar refractivity (Wildman–Crippen MR) is 94.8 cm³/mol. The molecule has 1 unspecified atom stereocenters. The molecule has 0 aliphatic rings. The van der Waals surface area contributed by atoms with E-state index in [1.54, 1.807) is 0 Å². The summed E-state index contributed by atoms with van der Waals surface area (Å²) in [6, 6.07) is 0.